The highest BCUT2D eigenvalue weighted by Gasteiger charge is 2.20. The third kappa shape index (κ3) is 3.59. The fourth-order valence-electron chi connectivity index (χ4n) is 2.88. The van der Waals surface area contributed by atoms with Gasteiger partial charge in [-0.1, -0.05) is 30.1 Å². The minimum absolute atomic E-state index is 0.139. The molecule has 0 spiro atoms. The third-order valence-corrected chi connectivity index (χ3v) is 4.06. The summed E-state index contributed by atoms with van der Waals surface area (Å²) in [5.74, 6) is 0.617. The van der Waals surface area contributed by atoms with E-state index in [0.29, 0.717) is 11.6 Å². The minimum Gasteiger partial charge on any atom is -0.399 e. The number of aromatic nitrogens is 2. The van der Waals surface area contributed by atoms with Crippen LogP contribution in [0.3, 0.4) is 0 Å². The number of nitrogens with one attached hydrogen (secondary N) is 1. The Labute approximate surface area is 135 Å². The van der Waals surface area contributed by atoms with Gasteiger partial charge in [0.05, 0.1) is 18.5 Å². The van der Waals surface area contributed by atoms with Crippen molar-refractivity contribution in [3.63, 3.8) is 0 Å². The van der Waals surface area contributed by atoms with E-state index in [4.69, 9.17) is 0 Å². The smallest absolute Gasteiger partial charge is 0.256 e. The average Bonchev–Trinajstić information content (AvgIpc) is 3.24. The summed E-state index contributed by atoms with van der Waals surface area (Å²) < 4.78 is 1.94. The minimum atomic E-state index is -0.139. The van der Waals surface area contributed by atoms with Crippen molar-refractivity contribution >= 4 is 17.9 Å². The van der Waals surface area contributed by atoms with Gasteiger partial charge < -0.3 is 10.2 Å². The molecule has 1 aromatic heterocycles. The summed E-state index contributed by atoms with van der Waals surface area (Å²) >= 11 is 0. The van der Waals surface area contributed by atoms with Crippen LogP contribution in [0, 0.1) is 0 Å². The molecular formula is C17H20N4O2. The molecule has 1 heterocycles. The summed E-state index contributed by atoms with van der Waals surface area (Å²) in [6.07, 6.45) is 8.02. The number of hydrogen-bond donors (Lipinski definition) is 1. The number of rotatable bonds is 5. The zero-order valence-electron chi connectivity index (χ0n) is 13.1. The molecular weight excluding hydrogens is 292 g/mol. The molecule has 1 aromatic carbocycles. The fourth-order valence-corrected chi connectivity index (χ4v) is 2.88. The van der Waals surface area contributed by atoms with Gasteiger partial charge in [0, 0.05) is 11.6 Å². The van der Waals surface area contributed by atoms with Crippen molar-refractivity contribution < 1.29 is 9.63 Å². The quantitative estimate of drug-likeness (QED) is 0.681. The first-order chi connectivity index (χ1) is 11.3. The monoisotopic (exact) mass is 312 g/mol. The van der Waals surface area contributed by atoms with Crippen molar-refractivity contribution in [2.45, 2.75) is 31.7 Å². The molecule has 3 rings (SSSR count). The second kappa shape index (κ2) is 7.09. The molecule has 1 aliphatic carbocycles. The SMILES string of the molecule is CON=Cc1ccc(C(=O)Nc2ccnn2C2CCCC2)cc1. The topological polar surface area (TPSA) is 68.5 Å². The Morgan fingerprint density at radius 1 is 1.30 bits per heavy atom. The van der Waals surface area contributed by atoms with Crippen LogP contribution in [0.25, 0.3) is 0 Å². The van der Waals surface area contributed by atoms with Crippen molar-refractivity contribution in [2.75, 3.05) is 12.4 Å². The van der Waals surface area contributed by atoms with E-state index >= 15 is 0 Å². The maximum Gasteiger partial charge on any atom is 0.256 e. The van der Waals surface area contributed by atoms with Gasteiger partial charge in [-0.3, -0.25) is 4.79 Å². The first-order valence-electron chi connectivity index (χ1n) is 7.79. The second-order valence-electron chi connectivity index (χ2n) is 5.59. The summed E-state index contributed by atoms with van der Waals surface area (Å²) in [5, 5.41) is 11.0. The van der Waals surface area contributed by atoms with Gasteiger partial charge >= 0.3 is 0 Å². The molecule has 6 heteroatoms. The molecule has 23 heavy (non-hydrogen) atoms. The van der Waals surface area contributed by atoms with Gasteiger partial charge in [-0.2, -0.15) is 5.10 Å². The number of carbonyl (C=O) groups excluding carboxylic acids is 1. The van der Waals surface area contributed by atoms with Crippen LogP contribution >= 0.6 is 0 Å². The van der Waals surface area contributed by atoms with Crippen LogP contribution in [0.2, 0.25) is 0 Å². The predicted octanol–water partition coefficient (Wildman–Crippen LogP) is 3.23. The molecule has 0 aliphatic heterocycles. The fraction of sp³-hybridized carbons (Fsp3) is 0.353. The van der Waals surface area contributed by atoms with Crippen LogP contribution in [0.15, 0.2) is 41.7 Å². The molecule has 0 saturated heterocycles. The Bertz CT molecular complexity index is 685. The molecule has 1 amide bonds. The lowest BCUT2D eigenvalue weighted by Crippen LogP contribution is -2.17. The van der Waals surface area contributed by atoms with Gasteiger partial charge in [-0.05, 0) is 30.5 Å². The Balaban J connectivity index is 1.69. The molecule has 0 bridgehead atoms. The van der Waals surface area contributed by atoms with Crippen molar-refractivity contribution in [3.05, 3.63) is 47.7 Å². The van der Waals surface area contributed by atoms with Crippen molar-refractivity contribution in [3.8, 4) is 0 Å². The lowest BCUT2D eigenvalue weighted by molar-refractivity contribution is 0.102. The van der Waals surface area contributed by atoms with Crippen LogP contribution in [0.4, 0.5) is 5.82 Å². The summed E-state index contributed by atoms with van der Waals surface area (Å²) in [7, 11) is 1.49. The maximum absolute atomic E-state index is 12.4. The van der Waals surface area contributed by atoms with Gasteiger partial charge in [-0.25, -0.2) is 4.68 Å². The molecule has 1 aliphatic rings. The Kier molecular flexibility index (Phi) is 4.71. The number of oxime groups is 1. The molecule has 1 saturated carbocycles. The number of hydrogen-bond acceptors (Lipinski definition) is 4. The molecule has 0 atom stereocenters. The highest BCUT2D eigenvalue weighted by atomic mass is 16.6. The van der Waals surface area contributed by atoms with E-state index in [-0.39, 0.29) is 5.91 Å². The van der Waals surface area contributed by atoms with E-state index < -0.39 is 0 Å². The number of nitrogens with zero attached hydrogens (tertiary/aromatic N) is 3. The van der Waals surface area contributed by atoms with E-state index in [1.54, 1.807) is 24.5 Å². The normalized spacial score (nSPS) is 15.2. The number of amides is 1. The predicted molar refractivity (Wildman–Crippen MR) is 88.7 cm³/mol. The molecule has 2 aromatic rings. The van der Waals surface area contributed by atoms with Crippen LogP contribution < -0.4 is 5.32 Å². The summed E-state index contributed by atoms with van der Waals surface area (Å²) in [5.41, 5.74) is 1.47. The molecule has 6 nitrogen and oxygen atoms in total. The Morgan fingerprint density at radius 3 is 2.74 bits per heavy atom. The lowest BCUT2D eigenvalue weighted by Gasteiger charge is -2.14. The van der Waals surface area contributed by atoms with Gasteiger partial charge in [0.2, 0.25) is 0 Å². The third-order valence-electron chi connectivity index (χ3n) is 4.06. The van der Waals surface area contributed by atoms with Gasteiger partial charge in [-0.15, -0.1) is 0 Å². The van der Waals surface area contributed by atoms with Gasteiger partial charge in [0.25, 0.3) is 5.91 Å². The van der Waals surface area contributed by atoms with Crippen molar-refractivity contribution in [1.29, 1.82) is 0 Å². The lowest BCUT2D eigenvalue weighted by atomic mass is 10.1. The highest BCUT2D eigenvalue weighted by molar-refractivity contribution is 6.04. The van der Waals surface area contributed by atoms with Gasteiger partial charge in [0.15, 0.2) is 0 Å². The van der Waals surface area contributed by atoms with Crippen molar-refractivity contribution in [2.24, 2.45) is 5.16 Å². The molecule has 0 radical (unpaired) electrons. The van der Waals surface area contributed by atoms with Crippen LogP contribution in [0.5, 0.6) is 0 Å². The zero-order chi connectivity index (χ0) is 16.1. The number of benzene rings is 1. The summed E-state index contributed by atoms with van der Waals surface area (Å²) in [6.45, 7) is 0. The number of carbonyl (C=O) groups is 1. The summed E-state index contributed by atoms with van der Waals surface area (Å²) in [4.78, 5) is 17.0. The zero-order valence-corrected chi connectivity index (χ0v) is 13.1. The molecule has 1 fully saturated rings. The van der Waals surface area contributed by atoms with Crippen molar-refractivity contribution in [1.82, 2.24) is 9.78 Å². The van der Waals surface area contributed by atoms with E-state index in [1.807, 2.05) is 22.9 Å². The van der Waals surface area contributed by atoms with E-state index in [9.17, 15) is 4.79 Å². The standard InChI is InChI=1S/C17H20N4O2/c1-23-19-12-13-6-8-14(9-7-13)17(22)20-16-10-11-18-21(16)15-4-2-3-5-15/h6-12,15H,2-5H2,1H3,(H,20,22). The van der Waals surface area contributed by atoms with Crippen LogP contribution in [-0.2, 0) is 4.84 Å². The van der Waals surface area contributed by atoms with Gasteiger partial charge in [0.1, 0.15) is 12.9 Å². The highest BCUT2D eigenvalue weighted by Crippen LogP contribution is 2.31. The number of anilines is 1. The average molecular weight is 312 g/mol. The molecule has 0 unspecified atom stereocenters. The van der Waals surface area contributed by atoms with Crippen LogP contribution in [0.1, 0.15) is 47.6 Å². The largest absolute Gasteiger partial charge is 0.399 e. The van der Waals surface area contributed by atoms with Crippen LogP contribution in [-0.4, -0.2) is 29.0 Å². The Morgan fingerprint density at radius 2 is 2.04 bits per heavy atom. The maximum atomic E-state index is 12.4. The first-order valence-corrected chi connectivity index (χ1v) is 7.79. The first kappa shape index (κ1) is 15.3. The molecule has 1 N–H and O–H groups in total. The summed E-state index contributed by atoms with van der Waals surface area (Å²) in [6, 6.07) is 9.42. The molecule has 120 valence electrons. The second-order valence-corrected chi connectivity index (χ2v) is 5.59. The Hall–Kier alpha value is -2.63. The van der Waals surface area contributed by atoms with E-state index in [2.05, 4.69) is 20.4 Å². The van der Waals surface area contributed by atoms with E-state index in [1.165, 1.54) is 20.0 Å². The van der Waals surface area contributed by atoms with E-state index in [0.717, 1.165) is 24.2 Å².